The van der Waals surface area contributed by atoms with Crippen LogP contribution in [0.15, 0.2) is 30.3 Å². The lowest BCUT2D eigenvalue weighted by Crippen LogP contribution is -2.42. The van der Waals surface area contributed by atoms with Gasteiger partial charge in [-0.1, -0.05) is 32.0 Å². The highest BCUT2D eigenvalue weighted by atomic mass is 32.1. The van der Waals surface area contributed by atoms with Crippen LogP contribution in [0.2, 0.25) is 0 Å². The van der Waals surface area contributed by atoms with Crippen LogP contribution >= 0.6 is 11.3 Å². The highest BCUT2D eigenvalue weighted by Crippen LogP contribution is 2.21. The van der Waals surface area contributed by atoms with Crippen LogP contribution in [0.4, 0.5) is 5.13 Å². The third-order valence-electron chi connectivity index (χ3n) is 4.50. The van der Waals surface area contributed by atoms with Gasteiger partial charge < -0.3 is 15.1 Å². The second-order valence-electron chi connectivity index (χ2n) is 6.33. The van der Waals surface area contributed by atoms with E-state index in [0.29, 0.717) is 17.2 Å². The second-order valence-corrected chi connectivity index (χ2v) is 7.53. The van der Waals surface area contributed by atoms with Crippen LogP contribution in [0.25, 0.3) is 0 Å². The quantitative estimate of drug-likeness (QED) is 0.716. The highest BCUT2D eigenvalue weighted by Gasteiger charge is 2.20. The lowest BCUT2D eigenvalue weighted by Gasteiger charge is -2.26. The number of rotatable bonds is 9. The largest absolute Gasteiger partial charge is 0.328 e. The van der Waals surface area contributed by atoms with Crippen molar-refractivity contribution in [3.63, 3.8) is 0 Å². The summed E-state index contributed by atoms with van der Waals surface area (Å²) in [5, 5.41) is 3.39. The molecule has 2 amide bonds. The topological polar surface area (TPSA) is 65.5 Å². The first-order chi connectivity index (χ1) is 12.9. The van der Waals surface area contributed by atoms with Gasteiger partial charge >= 0.3 is 0 Å². The Morgan fingerprint density at radius 1 is 1.07 bits per heavy atom. The third kappa shape index (κ3) is 6.15. The smallest absolute Gasteiger partial charge is 0.254 e. The Bertz CT molecular complexity index is 737. The summed E-state index contributed by atoms with van der Waals surface area (Å²) in [5.74, 6) is -0.364. The maximum atomic E-state index is 12.9. The van der Waals surface area contributed by atoms with Crippen molar-refractivity contribution in [1.82, 2.24) is 14.8 Å². The standard InChI is InChI=1S/C20H28N4O2S/c1-5-23(6-2)12-13-24(19(26)17-10-8-7-9-11-17)14-18(25)22-20-21-15(3)16(4)27-20/h7-11H,5-6,12-14H2,1-4H3,(H,21,22,25). The van der Waals surface area contributed by atoms with E-state index < -0.39 is 0 Å². The van der Waals surface area contributed by atoms with Crippen molar-refractivity contribution in [3.05, 3.63) is 46.5 Å². The number of benzene rings is 1. The molecule has 0 atom stereocenters. The van der Waals surface area contributed by atoms with Crippen LogP contribution in [0.1, 0.15) is 34.8 Å². The molecular formula is C20H28N4O2S. The van der Waals surface area contributed by atoms with Crippen molar-refractivity contribution in [3.8, 4) is 0 Å². The van der Waals surface area contributed by atoms with Gasteiger partial charge in [0.1, 0.15) is 6.54 Å². The molecule has 0 saturated heterocycles. The SMILES string of the molecule is CCN(CC)CCN(CC(=O)Nc1nc(C)c(C)s1)C(=O)c1ccccc1. The molecule has 0 aliphatic rings. The molecule has 1 aromatic heterocycles. The first-order valence-electron chi connectivity index (χ1n) is 9.25. The summed E-state index contributed by atoms with van der Waals surface area (Å²) in [5.41, 5.74) is 1.50. The van der Waals surface area contributed by atoms with Crippen LogP contribution in [-0.4, -0.2) is 59.3 Å². The van der Waals surface area contributed by atoms with E-state index in [-0.39, 0.29) is 18.4 Å². The average molecular weight is 389 g/mol. The molecule has 7 heteroatoms. The van der Waals surface area contributed by atoms with Crippen LogP contribution in [0, 0.1) is 13.8 Å². The number of thiazole rings is 1. The van der Waals surface area contributed by atoms with Gasteiger partial charge in [-0.05, 0) is 39.1 Å². The van der Waals surface area contributed by atoms with Gasteiger partial charge in [-0.2, -0.15) is 0 Å². The fraction of sp³-hybridized carbons (Fsp3) is 0.450. The molecule has 2 aromatic rings. The molecule has 1 N–H and O–H groups in total. The van der Waals surface area contributed by atoms with Crippen LogP contribution in [0.3, 0.4) is 0 Å². The minimum absolute atomic E-state index is 0.00662. The molecule has 0 radical (unpaired) electrons. The predicted molar refractivity (Wildman–Crippen MR) is 110 cm³/mol. The van der Waals surface area contributed by atoms with Gasteiger partial charge in [-0.3, -0.25) is 9.59 Å². The second kappa shape index (κ2) is 10.2. The Balaban J connectivity index is 2.08. The number of hydrogen-bond donors (Lipinski definition) is 1. The van der Waals surface area contributed by atoms with E-state index >= 15 is 0 Å². The molecule has 0 unspecified atom stereocenters. The average Bonchev–Trinajstić information content (AvgIpc) is 2.98. The number of nitrogens with one attached hydrogen (secondary N) is 1. The Kier molecular flexibility index (Phi) is 7.94. The fourth-order valence-corrected chi connectivity index (χ4v) is 3.51. The maximum absolute atomic E-state index is 12.9. The van der Waals surface area contributed by atoms with Crippen molar-refractivity contribution < 1.29 is 9.59 Å². The summed E-state index contributed by atoms with van der Waals surface area (Å²) >= 11 is 1.45. The molecule has 0 spiro atoms. The van der Waals surface area contributed by atoms with Gasteiger partial charge in [0.2, 0.25) is 5.91 Å². The molecule has 2 rings (SSSR count). The zero-order chi connectivity index (χ0) is 19.8. The molecule has 1 heterocycles. The number of carbonyl (C=O) groups excluding carboxylic acids is 2. The number of hydrogen-bond acceptors (Lipinski definition) is 5. The van der Waals surface area contributed by atoms with Gasteiger partial charge in [0, 0.05) is 23.5 Å². The molecule has 0 fully saturated rings. The summed E-state index contributed by atoms with van der Waals surface area (Å²) in [6, 6.07) is 9.08. The molecule has 0 bridgehead atoms. The van der Waals surface area contributed by atoms with Gasteiger partial charge in [0.15, 0.2) is 5.13 Å². The van der Waals surface area contributed by atoms with Crippen molar-refractivity contribution in [2.45, 2.75) is 27.7 Å². The van der Waals surface area contributed by atoms with Crippen molar-refractivity contribution in [2.24, 2.45) is 0 Å². The summed E-state index contributed by atoms with van der Waals surface area (Å²) in [6.45, 7) is 11.1. The molecule has 6 nitrogen and oxygen atoms in total. The Labute approximate surface area is 165 Å². The minimum Gasteiger partial charge on any atom is -0.328 e. The molecule has 0 saturated carbocycles. The third-order valence-corrected chi connectivity index (χ3v) is 5.49. The first kappa shape index (κ1) is 21.1. The van der Waals surface area contributed by atoms with Crippen molar-refractivity contribution in [2.75, 3.05) is 38.0 Å². The molecular weight excluding hydrogens is 360 g/mol. The summed E-state index contributed by atoms with van der Waals surface area (Å²) in [7, 11) is 0. The van der Waals surface area contributed by atoms with Gasteiger partial charge in [-0.15, -0.1) is 11.3 Å². The molecule has 1 aromatic carbocycles. The number of amides is 2. The van der Waals surface area contributed by atoms with Gasteiger partial charge in [-0.25, -0.2) is 4.98 Å². The van der Waals surface area contributed by atoms with Crippen LogP contribution < -0.4 is 5.32 Å². The molecule has 0 aliphatic carbocycles. The highest BCUT2D eigenvalue weighted by molar-refractivity contribution is 7.15. The van der Waals surface area contributed by atoms with E-state index in [1.165, 1.54) is 11.3 Å². The number of anilines is 1. The lowest BCUT2D eigenvalue weighted by molar-refractivity contribution is -0.116. The number of aromatic nitrogens is 1. The molecule has 27 heavy (non-hydrogen) atoms. The van der Waals surface area contributed by atoms with Crippen molar-refractivity contribution >= 4 is 28.3 Å². The lowest BCUT2D eigenvalue weighted by atomic mass is 10.2. The van der Waals surface area contributed by atoms with E-state index in [2.05, 4.69) is 29.0 Å². The monoisotopic (exact) mass is 388 g/mol. The van der Waals surface area contributed by atoms with Gasteiger partial charge in [0.25, 0.3) is 5.91 Å². The molecule has 0 aliphatic heterocycles. The summed E-state index contributed by atoms with van der Waals surface area (Å²) < 4.78 is 0. The van der Waals surface area contributed by atoms with Gasteiger partial charge in [0.05, 0.1) is 5.69 Å². The Hall–Kier alpha value is -2.25. The van der Waals surface area contributed by atoms with Crippen molar-refractivity contribution in [1.29, 1.82) is 0 Å². The first-order valence-corrected chi connectivity index (χ1v) is 10.1. The summed E-state index contributed by atoms with van der Waals surface area (Å²) in [4.78, 5) is 34.7. The zero-order valence-corrected chi connectivity index (χ0v) is 17.3. The maximum Gasteiger partial charge on any atom is 0.254 e. The number of likely N-dealkylation sites (N-methyl/N-ethyl adjacent to an activating group) is 1. The predicted octanol–water partition coefficient (Wildman–Crippen LogP) is 3.18. The van der Waals surface area contributed by atoms with Crippen LogP contribution in [-0.2, 0) is 4.79 Å². The number of nitrogens with zero attached hydrogens (tertiary/aromatic N) is 3. The Morgan fingerprint density at radius 2 is 1.74 bits per heavy atom. The number of aryl methyl sites for hydroxylation is 2. The van der Waals surface area contributed by atoms with E-state index in [1.54, 1.807) is 17.0 Å². The fourth-order valence-electron chi connectivity index (χ4n) is 2.68. The minimum atomic E-state index is -0.229. The molecule has 146 valence electrons. The zero-order valence-electron chi connectivity index (χ0n) is 16.5. The Morgan fingerprint density at radius 3 is 2.30 bits per heavy atom. The summed E-state index contributed by atoms with van der Waals surface area (Å²) in [6.07, 6.45) is 0. The number of carbonyl (C=O) groups is 2. The van der Waals surface area contributed by atoms with E-state index in [1.807, 2.05) is 32.0 Å². The van der Waals surface area contributed by atoms with E-state index in [4.69, 9.17) is 0 Å². The van der Waals surface area contributed by atoms with E-state index in [9.17, 15) is 9.59 Å². The normalized spacial score (nSPS) is 10.9. The van der Waals surface area contributed by atoms with E-state index in [0.717, 1.165) is 30.2 Å². The van der Waals surface area contributed by atoms with Crippen LogP contribution in [0.5, 0.6) is 0 Å².